The maximum absolute atomic E-state index is 13.3. The van der Waals surface area contributed by atoms with Crippen LogP contribution in [0.25, 0.3) is 16.0 Å². The third-order valence-corrected chi connectivity index (χ3v) is 6.84. The van der Waals surface area contributed by atoms with Crippen molar-refractivity contribution in [3.8, 4) is 5.69 Å². The standard InChI is InChI=1S/C22H19ClFN5OS/c1-14-19-20(29(26-14)18-8-6-17(24)7-9-18)25-22(31-19)28-12-10-27(11-13-28)21(30)15-2-4-16(23)5-3-15/h2-9H,10-13H2,1H3. The van der Waals surface area contributed by atoms with Gasteiger partial charge in [0.1, 0.15) is 5.82 Å². The molecule has 0 N–H and O–H groups in total. The number of thiazole rings is 1. The molecule has 1 amide bonds. The summed E-state index contributed by atoms with van der Waals surface area (Å²) in [5.74, 6) is -0.266. The fourth-order valence-electron chi connectivity index (χ4n) is 3.70. The van der Waals surface area contributed by atoms with Crippen LogP contribution in [0.4, 0.5) is 9.52 Å². The van der Waals surface area contributed by atoms with Gasteiger partial charge in [0, 0.05) is 36.8 Å². The molecule has 1 aliphatic rings. The van der Waals surface area contributed by atoms with Crippen LogP contribution in [0.1, 0.15) is 16.1 Å². The smallest absolute Gasteiger partial charge is 0.253 e. The summed E-state index contributed by atoms with van der Waals surface area (Å²) >= 11 is 7.52. The van der Waals surface area contributed by atoms with Crippen molar-refractivity contribution in [3.63, 3.8) is 0 Å². The van der Waals surface area contributed by atoms with Crippen molar-refractivity contribution < 1.29 is 9.18 Å². The second kappa shape index (κ2) is 7.94. The molecule has 0 saturated carbocycles. The monoisotopic (exact) mass is 455 g/mol. The third-order valence-electron chi connectivity index (χ3n) is 5.38. The predicted molar refractivity (Wildman–Crippen MR) is 121 cm³/mol. The molecule has 158 valence electrons. The maximum atomic E-state index is 13.3. The zero-order valence-corrected chi connectivity index (χ0v) is 18.3. The van der Waals surface area contributed by atoms with Crippen LogP contribution in [0.5, 0.6) is 0 Å². The Morgan fingerprint density at radius 3 is 2.39 bits per heavy atom. The van der Waals surface area contributed by atoms with Crippen molar-refractivity contribution in [2.24, 2.45) is 0 Å². The molecular weight excluding hydrogens is 437 g/mol. The lowest BCUT2D eigenvalue weighted by Gasteiger charge is -2.34. The average Bonchev–Trinajstić information content (AvgIpc) is 3.35. The number of fused-ring (bicyclic) bond motifs is 1. The summed E-state index contributed by atoms with van der Waals surface area (Å²) < 4.78 is 16.1. The number of hydrogen-bond acceptors (Lipinski definition) is 5. The molecule has 1 fully saturated rings. The van der Waals surface area contributed by atoms with Crippen LogP contribution in [-0.2, 0) is 0 Å². The normalized spacial score (nSPS) is 14.4. The zero-order valence-electron chi connectivity index (χ0n) is 16.8. The molecular formula is C22H19ClFN5OS. The lowest BCUT2D eigenvalue weighted by atomic mass is 10.2. The van der Waals surface area contributed by atoms with Gasteiger partial charge in [-0.2, -0.15) is 10.1 Å². The summed E-state index contributed by atoms with van der Waals surface area (Å²) in [6.45, 7) is 4.62. The first kappa shape index (κ1) is 20.0. The molecule has 0 atom stereocenters. The molecule has 3 heterocycles. The molecule has 2 aromatic carbocycles. The van der Waals surface area contributed by atoms with Crippen LogP contribution in [0.15, 0.2) is 48.5 Å². The number of carbonyl (C=O) groups excluding carboxylic acids is 1. The molecule has 0 unspecified atom stereocenters. The number of nitrogens with zero attached hydrogens (tertiary/aromatic N) is 5. The third kappa shape index (κ3) is 3.77. The largest absolute Gasteiger partial charge is 0.344 e. The van der Waals surface area contributed by atoms with E-state index in [0.717, 1.165) is 26.9 Å². The van der Waals surface area contributed by atoms with Gasteiger partial charge in [-0.3, -0.25) is 4.79 Å². The highest BCUT2D eigenvalue weighted by Gasteiger charge is 2.25. The van der Waals surface area contributed by atoms with Crippen molar-refractivity contribution in [2.75, 3.05) is 31.1 Å². The highest BCUT2D eigenvalue weighted by molar-refractivity contribution is 7.22. The Morgan fingerprint density at radius 2 is 1.71 bits per heavy atom. The molecule has 1 aliphatic heterocycles. The first-order valence-electron chi connectivity index (χ1n) is 9.91. The van der Waals surface area contributed by atoms with Gasteiger partial charge in [0.25, 0.3) is 5.91 Å². The Balaban J connectivity index is 1.34. The first-order valence-corrected chi connectivity index (χ1v) is 11.1. The predicted octanol–water partition coefficient (Wildman–Crippen LogP) is 4.55. The van der Waals surface area contributed by atoms with E-state index in [1.165, 1.54) is 12.1 Å². The van der Waals surface area contributed by atoms with Crippen molar-refractivity contribution >= 4 is 44.3 Å². The Morgan fingerprint density at radius 1 is 1.03 bits per heavy atom. The minimum atomic E-state index is -0.283. The average molecular weight is 456 g/mol. The molecule has 1 saturated heterocycles. The summed E-state index contributed by atoms with van der Waals surface area (Å²) in [5.41, 5.74) is 3.07. The molecule has 6 nitrogen and oxygen atoms in total. The van der Waals surface area contributed by atoms with Gasteiger partial charge < -0.3 is 9.80 Å². The molecule has 0 spiro atoms. The van der Waals surface area contributed by atoms with Crippen LogP contribution >= 0.6 is 22.9 Å². The van der Waals surface area contributed by atoms with Gasteiger partial charge in [0.2, 0.25) is 0 Å². The number of amides is 1. The van der Waals surface area contributed by atoms with E-state index < -0.39 is 0 Å². The number of aromatic nitrogens is 3. The van der Waals surface area contributed by atoms with Crippen molar-refractivity contribution in [1.29, 1.82) is 0 Å². The Hall–Kier alpha value is -2.97. The zero-order chi connectivity index (χ0) is 21.5. The summed E-state index contributed by atoms with van der Waals surface area (Å²) in [7, 11) is 0. The number of piperazine rings is 1. The molecule has 2 aromatic heterocycles. The van der Waals surface area contributed by atoms with E-state index >= 15 is 0 Å². The Kier molecular flexibility index (Phi) is 5.11. The second-order valence-corrected chi connectivity index (χ2v) is 8.82. The molecule has 0 radical (unpaired) electrons. The quantitative estimate of drug-likeness (QED) is 0.455. The van der Waals surface area contributed by atoms with E-state index in [0.29, 0.717) is 36.8 Å². The number of halogens is 2. The van der Waals surface area contributed by atoms with E-state index in [9.17, 15) is 9.18 Å². The van der Waals surface area contributed by atoms with Gasteiger partial charge in [-0.1, -0.05) is 22.9 Å². The summed E-state index contributed by atoms with van der Waals surface area (Å²) in [6.07, 6.45) is 0. The number of anilines is 1. The minimum absolute atomic E-state index is 0.0170. The lowest BCUT2D eigenvalue weighted by Crippen LogP contribution is -2.48. The number of hydrogen-bond donors (Lipinski definition) is 0. The fraction of sp³-hybridized carbons (Fsp3) is 0.227. The van der Waals surface area contributed by atoms with Crippen molar-refractivity contribution in [3.05, 3.63) is 70.6 Å². The fourth-order valence-corrected chi connectivity index (χ4v) is 4.86. The topological polar surface area (TPSA) is 54.3 Å². The molecule has 5 rings (SSSR count). The van der Waals surface area contributed by atoms with Gasteiger partial charge in [-0.05, 0) is 55.5 Å². The van der Waals surface area contributed by atoms with Crippen LogP contribution < -0.4 is 4.90 Å². The summed E-state index contributed by atoms with van der Waals surface area (Å²) in [6, 6.07) is 13.2. The van der Waals surface area contributed by atoms with E-state index in [2.05, 4.69) is 10.00 Å². The minimum Gasteiger partial charge on any atom is -0.344 e. The summed E-state index contributed by atoms with van der Waals surface area (Å²) in [4.78, 5) is 21.6. The van der Waals surface area contributed by atoms with Gasteiger partial charge in [0.15, 0.2) is 10.8 Å². The van der Waals surface area contributed by atoms with E-state index in [1.54, 1.807) is 52.4 Å². The Labute approximate surface area is 187 Å². The van der Waals surface area contributed by atoms with Crippen LogP contribution in [0.2, 0.25) is 5.02 Å². The molecule has 0 aliphatic carbocycles. The number of benzene rings is 2. The SMILES string of the molecule is Cc1nn(-c2ccc(F)cc2)c2nc(N3CCN(C(=O)c4ccc(Cl)cc4)CC3)sc12. The van der Waals surface area contributed by atoms with Crippen molar-refractivity contribution in [1.82, 2.24) is 19.7 Å². The number of carbonyl (C=O) groups is 1. The molecule has 9 heteroatoms. The van der Waals surface area contributed by atoms with Gasteiger partial charge in [-0.25, -0.2) is 9.07 Å². The molecule has 31 heavy (non-hydrogen) atoms. The molecule has 4 aromatic rings. The first-order chi connectivity index (χ1) is 15.0. The number of aryl methyl sites for hydroxylation is 1. The van der Waals surface area contributed by atoms with Crippen LogP contribution in [0.3, 0.4) is 0 Å². The van der Waals surface area contributed by atoms with Gasteiger partial charge in [0.05, 0.1) is 16.1 Å². The highest BCUT2D eigenvalue weighted by atomic mass is 35.5. The lowest BCUT2D eigenvalue weighted by molar-refractivity contribution is 0.0747. The van der Waals surface area contributed by atoms with E-state index in [1.807, 2.05) is 11.8 Å². The van der Waals surface area contributed by atoms with E-state index in [-0.39, 0.29) is 11.7 Å². The second-order valence-electron chi connectivity index (χ2n) is 7.41. The highest BCUT2D eigenvalue weighted by Crippen LogP contribution is 2.33. The van der Waals surface area contributed by atoms with Gasteiger partial charge >= 0.3 is 0 Å². The van der Waals surface area contributed by atoms with Crippen molar-refractivity contribution in [2.45, 2.75) is 6.92 Å². The molecule has 0 bridgehead atoms. The maximum Gasteiger partial charge on any atom is 0.253 e. The Bertz CT molecular complexity index is 1240. The number of rotatable bonds is 3. The summed E-state index contributed by atoms with van der Waals surface area (Å²) in [5, 5.41) is 6.10. The van der Waals surface area contributed by atoms with Crippen LogP contribution in [0, 0.1) is 12.7 Å². The van der Waals surface area contributed by atoms with E-state index in [4.69, 9.17) is 16.6 Å². The van der Waals surface area contributed by atoms with Crippen LogP contribution in [-0.4, -0.2) is 51.8 Å². The van der Waals surface area contributed by atoms with Gasteiger partial charge in [-0.15, -0.1) is 0 Å².